The van der Waals surface area contributed by atoms with Crippen molar-refractivity contribution in [3.8, 4) is 0 Å². The zero-order chi connectivity index (χ0) is 15.1. The molecule has 0 amide bonds. The van der Waals surface area contributed by atoms with Crippen LogP contribution in [0.1, 0.15) is 49.7 Å². The maximum Gasteiger partial charge on any atom is 0.0640 e. The SMILES string of the molecule is CCC(C)n1ccc(CC(CCCc2cccs2)NC)n1. The van der Waals surface area contributed by atoms with Gasteiger partial charge in [-0.2, -0.15) is 5.10 Å². The predicted octanol–water partition coefficient (Wildman–Crippen LogP) is 4.07. The van der Waals surface area contributed by atoms with E-state index in [1.54, 1.807) is 0 Å². The van der Waals surface area contributed by atoms with Crippen molar-refractivity contribution < 1.29 is 0 Å². The van der Waals surface area contributed by atoms with Crippen LogP contribution in [0.4, 0.5) is 0 Å². The molecule has 2 aromatic rings. The molecular formula is C17H27N3S. The first kappa shape index (κ1) is 16.2. The first-order valence-corrected chi connectivity index (χ1v) is 8.84. The van der Waals surface area contributed by atoms with Gasteiger partial charge in [-0.25, -0.2) is 0 Å². The van der Waals surface area contributed by atoms with E-state index in [0.717, 1.165) is 12.8 Å². The number of rotatable bonds is 9. The van der Waals surface area contributed by atoms with Gasteiger partial charge >= 0.3 is 0 Å². The van der Waals surface area contributed by atoms with E-state index in [1.165, 1.54) is 29.8 Å². The molecule has 0 aliphatic rings. The van der Waals surface area contributed by atoms with Crippen LogP contribution < -0.4 is 5.32 Å². The van der Waals surface area contributed by atoms with Crippen molar-refractivity contribution >= 4 is 11.3 Å². The third kappa shape index (κ3) is 4.97. The maximum atomic E-state index is 4.71. The lowest BCUT2D eigenvalue weighted by Crippen LogP contribution is -2.28. The average molecular weight is 305 g/mol. The van der Waals surface area contributed by atoms with E-state index in [4.69, 9.17) is 5.10 Å². The van der Waals surface area contributed by atoms with Crippen LogP contribution in [0, 0.1) is 0 Å². The number of hydrogen-bond donors (Lipinski definition) is 1. The van der Waals surface area contributed by atoms with Gasteiger partial charge in [0, 0.05) is 29.6 Å². The monoisotopic (exact) mass is 305 g/mol. The Labute approximate surface area is 132 Å². The number of thiophene rings is 1. The molecule has 2 rings (SSSR count). The normalized spacial score (nSPS) is 14.2. The van der Waals surface area contributed by atoms with E-state index in [1.807, 2.05) is 11.3 Å². The summed E-state index contributed by atoms with van der Waals surface area (Å²) in [4.78, 5) is 1.49. The molecule has 21 heavy (non-hydrogen) atoms. The minimum atomic E-state index is 0.491. The molecule has 2 unspecified atom stereocenters. The van der Waals surface area contributed by atoms with Gasteiger partial charge in [0.25, 0.3) is 0 Å². The standard InChI is InChI=1S/C17H27N3S/c1-4-14(2)20-11-10-16(19-20)13-15(18-3)7-5-8-17-9-6-12-21-17/h6,9-12,14-15,18H,4-5,7-8,13H2,1-3H3. The highest BCUT2D eigenvalue weighted by atomic mass is 32.1. The third-order valence-corrected chi connectivity index (χ3v) is 5.06. The Morgan fingerprint density at radius 2 is 2.24 bits per heavy atom. The van der Waals surface area contributed by atoms with Gasteiger partial charge < -0.3 is 5.32 Å². The lowest BCUT2D eigenvalue weighted by atomic mass is 10.0. The van der Waals surface area contributed by atoms with E-state index >= 15 is 0 Å². The smallest absolute Gasteiger partial charge is 0.0640 e. The van der Waals surface area contributed by atoms with Crippen LogP contribution in [0.3, 0.4) is 0 Å². The van der Waals surface area contributed by atoms with E-state index in [-0.39, 0.29) is 0 Å². The van der Waals surface area contributed by atoms with Gasteiger partial charge in [-0.3, -0.25) is 4.68 Å². The van der Waals surface area contributed by atoms with Crippen molar-refractivity contribution in [1.82, 2.24) is 15.1 Å². The maximum absolute atomic E-state index is 4.71. The largest absolute Gasteiger partial charge is 0.317 e. The highest BCUT2D eigenvalue weighted by Crippen LogP contribution is 2.15. The highest BCUT2D eigenvalue weighted by molar-refractivity contribution is 7.09. The zero-order valence-corrected chi connectivity index (χ0v) is 14.2. The summed E-state index contributed by atoms with van der Waals surface area (Å²) in [5.41, 5.74) is 1.20. The van der Waals surface area contributed by atoms with E-state index in [9.17, 15) is 0 Å². The quantitative estimate of drug-likeness (QED) is 0.757. The summed E-state index contributed by atoms with van der Waals surface area (Å²) >= 11 is 1.86. The van der Waals surface area contributed by atoms with Crippen LogP contribution >= 0.6 is 11.3 Å². The molecule has 0 bridgehead atoms. The number of nitrogens with one attached hydrogen (secondary N) is 1. The minimum Gasteiger partial charge on any atom is -0.317 e. The van der Waals surface area contributed by atoms with Crippen molar-refractivity contribution in [3.05, 3.63) is 40.3 Å². The van der Waals surface area contributed by atoms with Crippen molar-refractivity contribution in [1.29, 1.82) is 0 Å². The molecule has 3 nitrogen and oxygen atoms in total. The summed E-state index contributed by atoms with van der Waals surface area (Å²) in [6.45, 7) is 4.42. The fourth-order valence-corrected chi connectivity index (χ4v) is 3.25. The molecule has 0 spiro atoms. The lowest BCUT2D eigenvalue weighted by molar-refractivity contribution is 0.460. The molecule has 116 valence electrons. The fraction of sp³-hybridized carbons (Fsp3) is 0.588. The Balaban J connectivity index is 1.79. The second-order valence-electron chi connectivity index (χ2n) is 5.71. The summed E-state index contributed by atoms with van der Waals surface area (Å²) < 4.78 is 2.09. The molecule has 0 saturated carbocycles. The van der Waals surface area contributed by atoms with Gasteiger partial charge in [0.05, 0.1) is 5.69 Å². The summed E-state index contributed by atoms with van der Waals surface area (Å²) in [6.07, 6.45) is 7.88. The fourth-order valence-electron chi connectivity index (χ4n) is 2.50. The first-order chi connectivity index (χ1) is 10.2. The molecule has 0 aromatic carbocycles. The number of nitrogens with zero attached hydrogens (tertiary/aromatic N) is 2. The lowest BCUT2D eigenvalue weighted by Gasteiger charge is -2.15. The second kappa shape index (κ2) is 8.35. The predicted molar refractivity (Wildman–Crippen MR) is 91.0 cm³/mol. The first-order valence-electron chi connectivity index (χ1n) is 7.96. The van der Waals surface area contributed by atoms with E-state index < -0.39 is 0 Å². The molecule has 1 N–H and O–H groups in total. The minimum absolute atomic E-state index is 0.491. The van der Waals surface area contributed by atoms with Gasteiger partial charge in [-0.05, 0) is 57.2 Å². The molecule has 0 aliphatic heterocycles. The van der Waals surface area contributed by atoms with Crippen LogP contribution in [0.5, 0.6) is 0 Å². The molecule has 2 atom stereocenters. The second-order valence-corrected chi connectivity index (χ2v) is 6.74. The van der Waals surface area contributed by atoms with Gasteiger partial charge in [0.15, 0.2) is 0 Å². The van der Waals surface area contributed by atoms with Crippen molar-refractivity contribution in [3.63, 3.8) is 0 Å². The summed E-state index contributed by atoms with van der Waals surface area (Å²) in [5.74, 6) is 0. The van der Waals surface area contributed by atoms with Crippen LogP contribution in [-0.2, 0) is 12.8 Å². The summed E-state index contributed by atoms with van der Waals surface area (Å²) in [6, 6.07) is 7.54. The number of aryl methyl sites for hydroxylation is 1. The summed E-state index contributed by atoms with van der Waals surface area (Å²) in [7, 11) is 2.06. The number of hydrogen-bond acceptors (Lipinski definition) is 3. The van der Waals surface area contributed by atoms with Gasteiger partial charge in [-0.1, -0.05) is 13.0 Å². The summed E-state index contributed by atoms with van der Waals surface area (Å²) in [5, 5.41) is 10.3. The Morgan fingerprint density at radius 3 is 2.90 bits per heavy atom. The average Bonchev–Trinajstić information content (AvgIpc) is 3.16. The zero-order valence-electron chi connectivity index (χ0n) is 13.4. The van der Waals surface area contributed by atoms with E-state index in [2.05, 4.69) is 60.7 Å². The van der Waals surface area contributed by atoms with Gasteiger partial charge in [0.2, 0.25) is 0 Å². The number of likely N-dealkylation sites (N-methyl/N-ethyl adjacent to an activating group) is 1. The molecule has 2 heterocycles. The van der Waals surface area contributed by atoms with Gasteiger partial charge in [0.1, 0.15) is 0 Å². The van der Waals surface area contributed by atoms with Crippen molar-refractivity contribution in [2.24, 2.45) is 0 Å². The van der Waals surface area contributed by atoms with Crippen LogP contribution in [-0.4, -0.2) is 22.9 Å². The van der Waals surface area contributed by atoms with Gasteiger partial charge in [-0.15, -0.1) is 11.3 Å². The highest BCUT2D eigenvalue weighted by Gasteiger charge is 2.11. The Morgan fingerprint density at radius 1 is 1.38 bits per heavy atom. The molecule has 0 aliphatic carbocycles. The molecule has 4 heteroatoms. The molecule has 0 radical (unpaired) electrons. The Kier molecular flexibility index (Phi) is 6.46. The molecule has 0 fully saturated rings. The van der Waals surface area contributed by atoms with E-state index in [0.29, 0.717) is 12.1 Å². The van der Waals surface area contributed by atoms with Crippen LogP contribution in [0.25, 0.3) is 0 Å². The van der Waals surface area contributed by atoms with Crippen LogP contribution in [0.15, 0.2) is 29.8 Å². The molecule has 2 aromatic heterocycles. The Bertz CT molecular complexity index is 504. The topological polar surface area (TPSA) is 29.9 Å². The van der Waals surface area contributed by atoms with Crippen LogP contribution in [0.2, 0.25) is 0 Å². The molecular weight excluding hydrogens is 278 g/mol. The van der Waals surface area contributed by atoms with Crippen molar-refractivity contribution in [2.75, 3.05) is 7.05 Å². The molecule has 0 saturated heterocycles. The third-order valence-electron chi connectivity index (χ3n) is 4.13. The Hall–Kier alpha value is -1.13. The number of aromatic nitrogens is 2. The van der Waals surface area contributed by atoms with Crippen molar-refractivity contribution in [2.45, 2.75) is 58.0 Å².